The average Bonchev–Trinajstić information content (AvgIpc) is 2.45. The van der Waals surface area contributed by atoms with E-state index in [-0.39, 0.29) is 11.5 Å². The minimum Gasteiger partial charge on any atom is -0.383 e. The lowest BCUT2D eigenvalue weighted by atomic mass is 10.0. The number of rotatable bonds is 6. The molecule has 4 nitrogen and oxygen atoms in total. The van der Waals surface area contributed by atoms with Crippen molar-refractivity contribution in [2.75, 3.05) is 34.8 Å². The van der Waals surface area contributed by atoms with Gasteiger partial charge in [0.2, 0.25) is 0 Å². The van der Waals surface area contributed by atoms with Gasteiger partial charge in [0, 0.05) is 30.5 Å². The fourth-order valence-corrected chi connectivity index (χ4v) is 3.90. The highest BCUT2D eigenvalue weighted by atomic mass is 32.2. The summed E-state index contributed by atoms with van der Waals surface area (Å²) in [6.07, 6.45) is 2.38. The zero-order valence-corrected chi connectivity index (χ0v) is 14.7. The van der Waals surface area contributed by atoms with E-state index in [9.17, 15) is 8.42 Å². The van der Waals surface area contributed by atoms with Gasteiger partial charge in [-0.25, -0.2) is 8.42 Å². The van der Waals surface area contributed by atoms with Crippen LogP contribution in [0.2, 0.25) is 0 Å². The maximum Gasteiger partial charge on any atom is 0.153 e. The van der Waals surface area contributed by atoms with Crippen LogP contribution in [0.5, 0.6) is 0 Å². The number of hydrogen-bond acceptors (Lipinski definition) is 4. The molecule has 1 saturated heterocycles. The number of anilines is 2. The molecule has 0 radical (unpaired) electrons. The van der Waals surface area contributed by atoms with Crippen molar-refractivity contribution in [2.45, 2.75) is 39.7 Å². The number of nitrogens with zero attached hydrogens (tertiary/aromatic N) is 1. The van der Waals surface area contributed by atoms with Crippen molar-refractivity contribution in [2.24, 2.45) is 5.92 Å². The molecule has 0 amide bonds. The third kappa shape index (κ3) is 5.20. The Labute approximate surface area is 134 Å². The van der Waals surface area contributed by atoms with Gasteiger partial charge in [-0.05, 0) is 43.9 Å². The van der Waals surface area contributed by atoms with E-state index in [1.165, 1.54) is 6.42 Å². The molecular formula is C17H28N2O2S. The van der Waals surface area contributed by atoms with Crippen LogP contribution >= 0.6 is 0 Å². The molecule has 1 aliphatic heterocycles. The maximum absolute atomic E-state index is 11.5. The van der Waals surface area contributed by atoms with Crippen molar-refractivity contribution in [1.82, 2.24) is 0 Å². The van der Waals surface area contributed by atoms with Crippen molar-refractivity contribution in [3.05, 3.63) is 24.3 Å². The van der Waals surface area contributed by atoms with E-state index in [4.69, 9.17) is 0 Å². The fraction of sp³-hybridized carbons (Fsp3) is 0.647. The van der Waals surface area contributed by atoms with E-state index >= 15 is 0 Å². The zero-order chi connectivity index (χ0) is 16.2. The van der Waals surface area contributed by atoms with Crippen molar-refractivity contribution in [3.63, 3.8) is 0 Å². The molecule has 0 bridgehead atoms. The molecule has 1 N–H and O–H groups in total. The topological polar surface area (TPSA) is 49.4 Å². The molecule has 0 spiro atoms. The highest BCUT2D eigenvalue weighted by molar-refractivity contribution is 7.91. The summed E-state index contributed by atoms with van der Waals surface area (Å²) in [5.41, 5.74) is 2.22. The molecule has 22 heavy (non-hydrogen) atoms. The van der Waals surface area contributed by atoms with Crippen LogP contribution in [0.25, 0.3) is 0 Å². The highest BCUT2D eigenvalue weighted by Gasteiger charge is 2.21. The standard InChI is InChI=1S/C17H28N2O2S/c1-14(2)7-8-15(3)18-16-5-4-6-17(13-16)19-9-11-22(20,21)12-10-19/h4-6,13-15,18H,7-12H2,1-3H3. The van der Waals surface area contributed by atoms with Crippen LogP contribution in [-0.4, -0.2) is 39.1 Å². The van der Waals surface area contributed by atoms with E-state index in [0.29, 0.717) is 19.1 Å². The third-order valence-electron chi connectivity index (χ3n) is 4.15. The molecule has 5 heteroatoms. The Hall–Kier alpha value is -1.23. The summed E-state index contributed by atoms with van der Waals surface area (Å²) in [4.78, 5) is 2.16. The van der Waals surface area contributed by atoms with Gasteiger partial charge in [-0.2, -0.15) is 0 Å². The second-order valence-electron chi connectivity index (χ2n) is 6.71. The van der Waals surface area contributed by atoms with E-state index in [1.54, 1.807) is 0 Å². The van der Waals surface area contributed by atoms with Crippen LogP contribution in [-0.2, 0) is 9.84 Å². The Morgan fingerprint density at radius 1 is 1.14 bits per heavy atom. The van der Waals surface area contributed by atoms with Gasteiger partial charge in [0.1, 0.15) is 0 Å². The molecule has 1 aliphatic rings. The van der Waals surface area contributed by atoms with E-state index in [1.807, 2.05) is 6.07 Å². The largest absolute Gasteiger partial charge is 0.383 e. The molecule has 0 saturated carbocycles. The first-order chi connectivity index (χ1) is 10.4. The Bertz CT molecular complexity index is 570. The summed E-state index contributed by atoms with van der Waals surface area (Å²) in [7, 11) is -2.83. The highest BCUT2D eigenvalue weighted by Crippen LogP contribution is 2.22. The Morgan fingerprint density at radius 2 is 1.82 bits per heavy atom. The lowest BCUT2D eigenvalue weighted by Crippen LogP contribution is -2.40. The van der Waals surface area contributed by atoms with Crippen molar-refractivity contribution in [1.29, 1.82) is 0 Å². The molecule has 124 valence electrons. The normalized spacial score (nSPS) is 19.2. The number of nitrogens with one attached hydrogen (secondary N) is 1. The third-order valence-corrected chi connectivity index (χ3v) is 5.75. The zero-order valence-electron chi connectivity index (χ0n) is 13.9. The minimum atomic E-state index is -2.83. The van der Waals surface area contributed by atoms with Crippen LogP contribution in [0, 0.1) is 5.92 Å². The first kappa shape index (κ1) is 17.1. The Balaban J connectivity index is 1.95. The molecule has 1 fully saturated rings. The van der Waals surface area contributed by atoms with Gasteiger partial charge >= 0.3 is 0 Å². The van der Waals surface area contributed by atoms with Crippen LogP contribution in [0.3, 0.4) is 0 Å². The van der Waals surface area contributed by atoms with Crippen LogP contribution < -0.4 is 10.2 Å². The average molecular weight is 324 g/mol. The summed E-state index contributed by atoms with van der Waals surface area (Å²) in [5.74, 6) is 1.25. The first-order valence-corrected chi connectivity index (χ1v) is 10.00. The molecule has 1 unspecified atom stereocenters. The number of sulfone groups is 1. The van der Waals surface area contributed by atoms with Gasteiger partial charge in [-0.3, -0.25) is 0 Å². The van der Waals surface area contributed by atoms with Gasteiger partial charge in [0.25, 0.3) is 0 Å². The summed E-state index contributed by atoms with van der Waals surface area (Å²) < 4.78 is 23.1. The minimum absolute atomic E-state index is 0.259. The van der Waals surface area contributed by atoms with Gasteiger partial charge in [-0.15, -0.1) is 0 Å². The summed E-state index contributed by atoms with van der Waals surface area (Å²) in [6, 6.07) is 8.75. The molecule has 2 rings (SSSR count). The smallest absolute Gasteiger partial charge is 0.153 e. The molecule has 0 aromatic heterocycles. The Kier molecular flexibility index (Phi) is 5.73. The molecule has 1 aromatic rings. The molecule has 1 aromatic carbocycles. The molecule has 0 aliphatic carbocycles. The lowest BCUT2D eigenvalue weighted by molar-refractivity contribution is 0.528. The van der Waals surface area contributed by atoms with Gasteiger partial charge in [0.15, 0.2) is 9.84 Å². The van der Waals surface area contributed by atoms with Crippen molar-refractivity contribution >= 4 is 21.2 Å². The lowest BCUT2D eigenvalue weighted by Gasteiger charge is -2.29. The van der Waals surface area contributed by atoms with Crippen LogP contribution in [0.1, 0.15) is 33.6 Å². The first-order valence-electron chi connectivity index (χ1n) is 8.18. The summed E-state index contributed by atoms with van der Waals surface area (Å²) in [6.45, 7) is 7.89. The van der Waals surface area contributed by atoms with Gasteiger partial charge < -0.3 is 10.2 Å². The quantitative estimate of drug-likeness (QED) is 0.873. The number of hydrogen-bond donors (Lipinski definition) is 1. The second kappa shape index (κ2) is 7.36. The monoisotopic (exact) mass is 324 g/mol. The molecular weight excluding hydrogens is 296 g/mol. The predicted molar refractivity (Wildman–Crippen MR) is 94.5 cm³/mol. The summed E-state index contributed by atoms with van der Waals surface area (Å²) >= 11 is 0. The fourth-order valence-electron chi connectivity index (χ4n) is 2.70. The van der Waals surface area contributed by atoms with E-state index in [2.05, 4.69) is 49.2 Å². The maximum atomic E-state index is 11.5. The SMILES string of the molecule is CC(C)CCC(C)Nc1cccc(N2CCS(=O)(=O)CC2)c1. The summed E-state index contributed by atoms with van der Waals surface area (Å²) in [5, 5.41) is 3.55. The predicted octanol–water partition coefficient (Wildman–Crippen LogP) is 3.16. The number of benzene rings is 1. The second-order valence-corrected chi connectivity index (χ2v) is 9.01. The van der Waals surface area contributed by atoms with Gasteiger partial charge in [0.05, 0.1) is 11.5 Å². The Morgan fingerprint density at radius 3 is 2.45 bits per heavy atom. The van der Waals surface area contributed by atoms with Crippen molar-refractivity contribution < 1.29 is 8.42 Å². The molecule has 1 heterocycles. The van der Waals surface area contributed by atoms with E-state index in [0.717, 1.165) is 23.7 Å². The van der Waals surface area contributed by atoms with E-state index < -0.39 is 9.84 Å². The van der Waals surface area contributed by atoms with Crippen LogP contribution in [0.4, 0.5) is 11.4 Å². The van der Waals surface area contributed by atoms with Gasteiger partial charge in [-0.1, -0.05) is 19.9 Å². The molecule has 1 atom stereocenters. The van der Waals surface area contributed by atoms with Crippen LogP contribution in [0.15, 0.2) is 24.3 Å². The van der Waals surface area contributed by atoms with Crippen molar-refractivity contribution in [3.8, 4) is 0 Å².